The molecule has 1 unspecified atom stereocenters. The van der Waals surface area contributed by atoms with Crippen molar-refractivity contribution in [2.45, 2.75) is 65.0 Å². The number of rotatable bonds is 7. The minimum atomic E-state index is 0. The van der Waals surface area contributed by atoms with Gasteiger partial charge in [-0.15, -0.1) is 24.0 Å². The van der Waals surface area contributed by atoms with Crippen LogP contribution in [-0.2, 0) is 13.0 Å². The van der Waals surface area contributed by atoms with Gasteiger partial charge in [0.25, 0.3) is 0 Å². The molecule has 0 saturated heterocycles. The normalized spacial score (nSPS) is 16.2. The Balaban J connectivity index is 0.00000320. The minimum absolute atomic E-state index is 0. The van der Waals surface area contributed by atoms with Gasteiger partial charge in [-0.2, -0.15) is 5.10 Å². The van der Waals surface area contributed by atoms with Gasteiger partial charge in [-0.1, -0.05) is 45.9 Å². The molecule has 0 saturated carbocycles. The van der Waals surface area contributed by atoms with Crippen LogP contribution >= 0.6 is 24.0 Å². The Morgan fingerprint density at radius 3 is 2.70 bits per heavy atom. The van der Waals surface area contributed by atoms with Crippen LogP contribution in [0.1, 0.15) is 63.2 Å². The number of aromatic nitrogens is 3. The SMILES string of the molecule is CN=C(NCCOc1ccccc1C(C)C)NC1CCc2nc(C(C)C)nn2C1.I. The summed E-state index contributed by atoms with van der Waals surface area (Å²) in [6, 6.07) is 8.52. The summed E-state index contributed by atoms with van der Waals surface area (Å²) in [7, 11) is 1.80. The van der Waals surface area contributed by atoms with E-state index < -0.39 is 0 Å². The highest BCUT2D eigenvalue weighted by Gasteiger charge is 2.23. The van der Waals surface area contributed by atoms with Gasteiger partial charge in [0.15, 0.2) is 11.8 Å². The number of hydrogen-bond donors (Lipinski definition) is 2. The van der Waals surface area contributed by atoms with Crippen molar-refractivity contribution in [3.8, 4) is 5.75 Å². The maximum atomic E-state index is 5.99. The molecule has 2 heterocycles. The molecule has 0 amide bonds. The van der Waals surface area contributed by atoms with Gasteiger partial charge >= 0.3 is 0 Å². The Bertz CT molecular complexity index is 833. The molecule has 1 aromatic carbocycles. The standard InChI is InChI=1S/C22H34N6O.HI/c1-15(2)18-8-6-7-9-19(18)29-13-12-24-22(23-5)25-17-10-11-20-26-21(16(3)4)27-28(20)14-17;/h6-9,15-17H,10-14H2,1-5H3,(H2,23,24,25);1H. The van der Waals surface area contributed by atoms with Crippen LogP contribution in [0.4, 0.5) is 0 Å². The van der Waals surface area contributed by atoms with Crippen LogP contribution in [0, 0.1) is 0 Å². The fourth-order valence-corrected chi connectivity index (χ4v) is 3.50. The average molecular weight is 526 g/mol. The number of aryl methyl sites for hydroxylation is 1. The van der Waals surface area contributed by atoms with E-state index in [-0.39, 0.29) is 30.0 Å². The Morgan fingerprint density at radius 2 is 2.00 bits per heavy atom. The molecule has 0 radical (unpaired) electrons. The van der Waals surface area contributed by atoms with Crippen LogP contribution < -0.4 is 15.4 Å². The average Bonchev–Trinajstić information content (AvgIpc) is 3.14. The third-order valence-electron chi connectivity index (χ3n) is 5.15. The van der Waals surface area contributed by atoms with Crippen molar-refractivity contribution in [3.63, 3.8) is 0 Å². The number of ether oxygens (including phenoxy) is 1. The van der Waals surface area contributed by atoms with Gasteiger partial charge in [-0.25, -0.2) is 9.67 Å². The predicted molar refractivity (Wildman–Crippen MR) is 132 cm³/mol. The number of hydrogen-bond acceptors (Lipinski definition) is 4. The van der Waals surface area contributed by atoms with E-state index in [1.165, 1.54) is 5.56 Å². The molecule has 0 bridgehead atoms. The summed E-state index contributed by atoms with van der Waals surface area (Å²) >= 11 is 0. The Kier molecular flexibility index (Phi) is 9.38. The van der Waals surface area contributed by atoms with Crippen LogP contribution in [0.15, 0.2) is 29.3 Å². The van der Waals surface area contributed by atoms with E-state index in [1.807, 2.05) is 16.8 Å². The fourth-order valence-electron chi connectivity index (χ4n) is 3.50. The molecule has 2 aromatic rings. The quantitative estimate of drug-likeness (QED) is 0.249. The number of para-hydroxylation sites is 1. The summed E-state index contributed by atoms with van der Waals surface area (Å²) in [5.41, 5.74) is 1.24. The summed E-state index contributed by atoms with van der Waals surface area (Å²) in [6.07, 6.45) is 1.96. The van der Waals surface area contributed by atoms with Gasteiger partial charge in [-0.05, 0) is 24.0 Å². The third kappa shape index (κ3) is 6.33. The first-order chi connectivity index (χ1) is 14.0. The first-order valence-electron chi connectivity index (χ1n) is 10.6. The first kappa shape index (κ1) is 24.4. The number of nitrogens with zero attached hydrogens (tertiary/aromatic N) is 4. The van der Waals surface area contributed by atoms with Gasteiger partial charge in [0, 0.05) is 25.4 Å². The molecule has 1 atom stereocenters. The fraction of sp³-hybridized carbons (Fsp3) is 0.591. The van der Waals surface area contributed by atoms with E-state index in [4.69, 9.17) is 4.74 Å². The Hall–Kier alpha value is -1.84. The number of aliphatic imine (C=N–C) groups is 1. The zero-order valence-electron chi connectivity index (χ0n) is 18.7. The molecule has 1 aliphatic rings. The largest absolute Gasteiger partial charge is 0.491 e. The zero-order valence-corrected chi connectivity index (χ0v) is 21.0. The highest BCUT2D eigenvalue weighted by atomic mass is 127. The lowest BCUT2D eigenvalue weighted by atomic mass is 10.0. The Morgan fingerprint density at radius 1 is 1.23 bits per heavy atom. The number of benzene rings is 1. The van der Waals surface area contributed by atoms with E-state index in [1.54, 1.807) is 7.05 Å². The van der Waals surface area contributed by atoms with Crippen LogP contribution in [0.2, 0.25) is 0 Å². The topological polar surface area (TPSA) is 76.4 Å². The lowest BCUT2D eigenvalue weighted by molar-refractivity contribution is 0.316. The number of halogens is 1. The molecule has 3 rings (SSSR count). The van der Waals surface area contributed by atoms with Crippen LogP contribution in [0.5, 0.6) is 5.75 Å². The Labute approximate surface area is 197 Å². The molecule has 0 fully saturated rings. The van der Waals surface area contributed by atoms with E-state index >= 15 is 0 Å². The van der Waals surface area contributed by atoms with E-state index in [9.17, 15) is 0 Å². The predicted octanol–water partition coefficient (Wildman–Crippen LogP) is 3.70. The molecule has 0 spiro atoms. The second kappa shape index (κ2) is 11.5. The van der Waals surface area contributed by atoms with Gasteiger partial charge in [-0.3, -0.25) is 4.99 Å². The number of nitrogens with one attached hydrogen (secondary N) is 2. The van der Waals surface area contributed by atoms with Crippen molar-refractivity contribution in [2.24, 2.45) is 4.99 Å². The van der Waals surface area contributed by atoms with Crippen LogP contribution in [0.3, 0.4) is 0 Å². The molecule has 166 valence electrons. The molecule has 2 N–H and O–H groups in total. The summed E-state index contributed by atoms with van der Waals surface area (Å²) in [5, 5.41) is 11.5. The van der Waals surface area contributed by atoms with E-state index in [2.05, 4.69) is 65.5 Å². The monoisotopic (exact) mass is 526 g/mol. The molecule has 8 heteroatoms. The molecule has 1 aliphatic heterocycles. The number of fused-ring (bicyclic) bond motifs is 1. The van der Waals surface area contributed by atoms with E-state index in [0.717, 1.165) is 42.7 Å². The molecular formula is C22H35IN6O. The maximum absolute atomic E-state index is 5.99. The van der Waals surface area contributed by atoms with Gasteiger partial charge in [0.1, 0.15) is 18.2 Å². The zero-order chi connectivity index (χ0) is 20.8. The second-order valence-electron chi connectivity index (χ2n) is 8.14. The van der Waals surface area contributed by atoms with Crippen molar-refractivity contribution >= 4 is 29.9 Å². The van der Waals surface area contributed by atoms with Crippen molar-refractivity contribution in [1.82, 2.24) is 25.4 Å². The lowest BCUT2D eigenvalue weighted by Crippen LogP contribution is -2.47. The van der Waals surface area contributed by atoms with Gasteiger partial charge in [0.2, 0.25) is 0 Å². The maximum Gasteiger partial charge on any atom is 0.191 e. The second-order valence-corrected chi connectivity index (χ2v) is 8.14. The molecular weight excluding hydrogens is 491 g/mol. The van der Waals surface area contributed by atoms with Crippen LogP contribution in [0.25, 0.3) is 0 Å². The third-order valence-corrected chi connectivity index (χ3v) is 5.15. The molecule has 0 aliphatic carbocycles. The van der Waals surface area contributed by atoms with Crippen molar-refractivity contribution in [1.29, 1.82) is 0 Å². The molecule has 1 aromatic heterocycles. The van der Waals surface area contributed by atoms with Crippen molar-refractivity contribution in [2.75, 3.05) is 20.2 Å². The summed E-state index contributed by atoms with van der Waals surface area (Å²) in [6.45, 7) is 10.7. The highest BCUT2D eigenvalue weighted by Crippen LogP contribution is 2.25. The van der Waals surface area contributed by atoms with Gasteiger partial charge < -0.3 is 15.4 Å². The van der Waals surface area contributed by atoms with Gasteiger partial charge in [0.05, 0.1) is 13.1 Å². The van der Waals surface area contributed by atoms with E-state index in [0.29, 0.717) is 25.0 Å². The first-order valence-corrected chi connectivity index (χ1v) is 10.6. The summed E-state index contributed by atoms with van der Waals surface area (Å²) < 4.78 is 8.02. The van der Waals surface area contributed by atoms with Crippen LogP contribution in [-0.4, -0.2) is 47.0 Å². The molecule has 30 heavy (non-hydrogen) atoms. The smallest absolute Gasteiger partial charge is 0.191 e. The highest BCUT2D eigenvalue weighted by molar-refractivity contribution is 14.0. The van der Waals surface area contributed by atoms with Crippen molar-refractivity contribution in [3.05, 3.63) is 41.5 Å². The van der Waals surface area contributed by atoms with Crippen molar-refractivity contribution < 1.29 is 4.74 Å². The minimum Gasteiger partial charge on any atom is -0.491 e. The molecule has 7 nitrogen and oxygen atoms in total. The summed E-state index contributed by atoms with van der Waals surface area (Å²) in [4.78, 5) is 9.01. The summed E-state index contributed by atoms with van der Waals surface area (Å²) in [5.74, 6) is 4.57. The lowest BCUT2D eigenvalue weighted by Gasteiger charge is -2.25. The number of guanidine groups is 1.